The van der Waals surface area contributed by atoms with E-state index >= 15 is 0 Å². The molecule has 0 spiro atoms. The molecule has 3 unspecified atom stereocenters. The maximum Gasteiger partial charge on any atom is 0.236 e. The van der Waals surface area contributed by atoms with E-state index in [1.54, 1.807) is 0 Å². The summed E-state index contributed by atoms with van der Waals surface area (Å²) in [6, 6.07) is 7.78. The number of amides is 1. The van der Waals surface area contributed by atoms with Gasteiger partial charge in [0.2, 0.25) is 5.91 Å². The van der Waals surface area contributed by atoms with Gasteiger partial charge < -0.3 is 10.4 Å². The summed E-state index contributed by atoms with van der Waals surface area (Å²) >= 11 is 0. The van der Waals surface area contributed by atoms with Gasteiger partial charge in [0, 0.05) is 35.6 Å². The first kappa shape index (κ1) is 20.1. The number of nitrogens with one attached hydrogen (secondary N) is 1. The Balaban J connectivity index is 1.69. The number of anilines is 1. The molecule has 2 N–H and O–H groups in total. The van der Waals surface area contributed by atoms with Crippen molar-refractivity contribution in [2.24, 2.45) is 16.8 Å². The largest absolute Gasteiger partial charge is 0.388 e. The first-order valence-corrected chi connectivity index (χ1v) is 10.3. The number of hydrogen-bond acceptors (Lipinski definition) is 4. The molecule has 3 atom stereocenters. The van der Waals surface area contributed by atoms with Crippen molar-refractivity contribution in [1.82, 2.24) is 5.32 Å². The number of allylic oxidation sites excluding steroid dienone is 7. The first-order valence-electron chi connectivity index (χ1n) is 10.3. The number of carbonyl (C=O) groups is 1. The highest BCUT2D eigenvalue weighted by atomic mass is 16.3. The highest BCUT2D eigenvalue weighted by molar-refractivity contribution is 6.00. The second kappa shape index (κ2) is 8.28. The van der Waals surface area contributed by atoms with Crippen LogP contribution in [0.2, 0.25) is 0 Å². The molecule has 0 radical (unpaired) electrons. The Bertz CT molecular complexity index is 1020. The molecule has 0 saturated carbocycles. The molecule has 5 nitrogen and oxygen atoms in total. The summed E-state index contributed by atoms with van der Waals surface area (Å²) in [4.78, 5) is 19.2. The van der Waals surface area contributed by atoms with Crippen LogP contribution in [-0.4, -0.2) is 30.0 Å². The molecule has 1 aliphatic carbocycles. The molecule has 0 bridgehead atoms. The Kier molecular flexibility index (Phi) is 5.55. The molecule has 5 heteroatoms. The quantitative estimate of drug-likeness (QED) is 0.803. The van der Waals surface area contributed by atoms with E-state index in [2.05, 4.69) is 10.3 Å². The van der Waals surface area contributed by atoms with Gasteiger partial charge in [0.15, 0.2) is 0 Å². The zero-order valence-electron chi connectivity index (χ0n) is 17.5. The summed E-state index contributed by atoms with van der Waals surface area (Å²) in [6.07, 6.45) is 13.6. The Labute approximate surface area is 177 Å². The van der Waals surface area contributed by atoms with Crippen molar-refractivity contribution in [3.05, 3.63) is 83.8 Å². The molecule has 3 aliphatic rings. The summed E-state index contributed by atoms with van der Waals surface area (Å²) in [7, 11) is 1.89. The minimum Gasteiger partial charge on any atom is -0.388 e. The van der Waals surface area contributed by atoms with Crippen molar-refractivity contribution in [2.45, 2.75) is 26.5 Å². The van der Waals surface area contributed by atoms with Gasteiger partial charge in [-0.15, -0.1) is 0 Å². The van der Waals surface area contributed by atoms with Gasteiger partial charge in [0.25, 0.3) is 0 Å². The van der Waals surface area contributed by atoms with Gasteiger partial charge >= 0.3 is 0 Å². The van der Waals surface area contributed by atoms with E-state index in [9.17, 15) is 9.90 Å². The lowest BCUT2D eigenvalue weighted by Gasteiger charge is -2.23. The number of aliphatic imine (C=N–C) groups is 1. The van der Waals surface area contributed by atoms with E-state index in [1.165, 1.54) is 4.90 Å². The SMILES string of the molecule is C/C=C(NC)/C(=C1/C=CC(C)=N1)c1ccc(N2C(=O)C3C=CC=CCC3C2O)cc1. The molecule has 2 heterocycles. The lowest BCUT2D eigenvalue weighted by molar-refractivity contribution is -0.119. The third kappa shape index (κ3) is 3.46. The Morgan fingerprint density at radius 2 is 2.00 bits per heavy atom. The van der Waals surface area contributed by atoms with Gasteiger partial charge in [0.1, 0.15) is 6.23 Å². The van der Waals surface area contributed by atoms with Crippen molar-refractivity contribution in [2.75, 3.05) is 11.9 Å². The van der Waals surface area contributed by atoms with E-state index in [-0.39, 0.29) is 17.7 Å². The van der Waals surface area contributed by atoms with E-state index in [1.807, 2.05) is 87.7 Å². The number of nitrogens with zero attached hydrogens (tertiary/aromatic N) is 2. The average molecular weight is 402 g/mol. The third-order valence-corrected chi connectivity index (χ3v) is 5.90. The van der Waals surface area contributed by atoms with Crippen LogP contribution in [0.1, 0.15) is 25.8 Å². The number of aliphatic hydroxyl groups is 1. The number of fused-ring (bicyclic) bond motifs is 1. The zero-order valence-corrected chi connectivity index (χ0v) is 17.5. The van der Waals surface area contributed by atoms with Gasteiger partial charge in [0.05, 0.1) is 11.6 Å². The van der Waals surface area contributed by atoms with Crippen molar-refractivity contribution < 1.29 is 9.90 Å². The van der Waals surface area contributed by atoms with E-state index in [4.69, 9.17) is 0 Å². The molecule has 1 fully saturated rings. The van der Waals surface area contributed by atoms with Gasteiger partial charge in [-0.2, -0.15) is 0 Å². The Hall–Kier alpha value is -3.18. The highest BCUT2D eigenvalue weighted by Gasteiger charge is 2.46. The van der Waals surface area contributed by atoms with Crippen LogP contribution in [-0.2, 0) is 4.79 Å². The van der Waals surface area contributed by atoms with E-state index < -0.39 is 6.23 Å². The monoisotopic (exact) mass is 401 g/mol. The summed E-state index contributed by atoms with van der Waals surface area (Å²) in [5, 5.41) is 14.1. The molecule has 1 saturated heterocycles. The van der Waals surface area contributed by atoms with Crippen LogP contribution in [0.25, 0.3) is 5.57 Å². The number of aliphatic hydroxyl groups excluding tert-OH is 1. The van der Waals surface area contributed by atoms with E-state index in [0.717, 1.165) is 28.2 Å². The average Bonchev–Trinajstić information content (AvgIpc) is 3.15. The van der Waals surface area contributed by atoms with E-state index in [0.29, 0.717) is 12.1 Å². The van der Waals surface area contributed by atoms with Crippen molar-refractivity contribution >= 4 is 22.9 Å². The predicted molar refractivity (Wildman–Crippen MR) is 122 cm³/mol. The van der Waals surface area contributed by atoms with Crippen molar-refractivity contribution in [3.63, 3.8) is 0 Å². The normalized spacial score (nSPS) is 27.3. The Morgan fingerprint density at radius 1 is 1.23 bits per heavy atom. The summed E-state index contributed by atoms with van der Waals surface area (Å²) in [6.45, 7) is 3.96. The fraction of sp³-hybridized carbons (Fsp3) is 0.280. The molecule has 154 valence electrons. The lowest BCUT2D eigenvalue weighted by Crippen LogP contribution is -2.35. The molecule has 0 aromatic heterocycles. The van der Waals surface area contributed by atoms with Gasteiger partial charge in [-0.1, -0.05) is 42.5 Å². The molecular formula is C25H27N3O2. The maximum atomic E-state index is 13.0. The fourth-order valence-electron chi connectivity index (χ4n) is 4.37. The van der Waals surface area contributed by atoms with Crippen LogP contribution < -0.4 is 10.2 Å². The minimum absolute atomic E-state index is 0.0536. The second-order valence-corrected chi connectivity index (χ2v) is 7.71. The molecule has 30 heavy (non-hydrogen) atoms. The van der Waals surface area contributed by atoms with Crippen molar-refractivity contribution in [3.8, 4) is 0 Å². The Morgan fingerprint density at radius 3 is 2.63 bits per heavy atom. The third-order valence-electron chi connectivity index (χ3n) is 5.90. The minimum atomic E-state index is -0.827. The van der Waals surface area contributed by atoms with Crippen LogP contribution in [0.3, 0.4) is 0 Å². The van der Waals surface area contributed by atoms with Crippen LogP contribution in [0.4, 0.5) is 5.69 Å². The number of likely N-dealkylation sites (N-methyl/N-ethyl adjacent to an activating group) is 1. The highest BCUT2D eigenvalue weighted by Crippen LogP contribution is 2.39. The fourth-order valence-corrected chi connectivity index (χ4v) is 4.37. The summed E-state index contributed by atoms with van der Waals surface area (Å²) in [5.41, 5.74) is 5.57. The molecular weight excluding hydrogens is 374 g/mol. The lowest BCUT2D eigenvalue weighted by atomic mass is 9.92. The topological polar surface area (TPSA) is 64.9 Å². The molecule has 2 aliphatic heterocycles. The van der Waals surface area contributed by atoms with Crippen LogP contribution in [0, 0.1) is 11.8 Å². The number of hydrogen-bond donors (Lipinski definition) is 2. The number of carbonyl (C=O) groups excluding carboxylic acids is 1. The molecule has 1 amide bonds. The molecule has 1 aromatic rings. The van der Waals surface area contributed by atoms with Crippen LogP contribution in [0.5, 0.6) is 0 Å². The number of benzene rings is 1. The van der Waals surface area contributed by atoms with Gasteiger partial charge in [-0.25, -0.2) is 0 Å². The van der Waals surface area contributed by atoms with Crippen LogP contribution in [0.15, 0.2) is 83.2 Å². The molecule has 1 aromatic carbocycles. The standard InChI is InChI=1S/C25H27N3O2/c1-4-21(26-3)23(22-15-10-16(2)27-22)17-11-13-18(14-12-17)28-24(29)19-8-6-5-7-9-20(19)25(28)30/h4-8,10-15,19-20,25-26,30H,9H2,1-3H3/b21-4-,23-22-. The maximum absolute atomic E-state index is 13.0. The predicted octanol–water partition coefficient (Wildman–Crippen LogP) is 3.97. The van der Waals surface area contributed by atoms with Crippen molar-refractivity contribution in [1.29, 1.82) is 0 Å². The van der Waals surface area contributed by atoms with Crippen LogP contribution >= 0.6 is 0 Å². The molecule has 4 rings (SSSR count). The van der Waals surface area contributed by atoms with Gasteiger partial charge in [-0.3, -0.25) is 14.7 Å². The number of rotatable bonds is 4. The summed E-state index contributed by atoms with van der Waals surface area (Å²) < 4.78 is 0. The smallest absolute Gasteiger partial charge is 0.236 e. The first-order chi connectivity index (χ1) is 14.5. The summed E-state index contributed by atoms with van der Waals surface area (Å²) in [5.74, 6) is -0.459. The van der Waals surface area contributed by atoms with Gasteiger partial charge in [-0.05, 0) is 50.1 Å². The second-order valence-electron chi connectivity index (χ2n) is 7.71. The zero-order chi connectivity index (χ0) is 21.3.